The number of hydrogen-bond acceptors (Lipinski definition) is 6. The number of halogens is 1. The Kier molecular flexibility index (Phi) is 5.17. The summed E-state index contributed by atoms with van der Waals surface area (Å²) in [6.07, 6.45) is 6.10. The minimum Gasteiger partial charge on any atom is -0.370 e. The van der Waals surface area contributed by atoms with Crippen LogP contribution in [0, 0.1) is 10.9 Å². The van der Waals surface area contributed by atoms with Crippen LogP contribution in [0.25, 0.3) is 22.4 Å². The number of aromatic nitrogens is 3. The lowest BCUT2D eigenvalue weighted by atomic mass is 9.77. The van der Waals surface area contributed by atoms with Crippen molar-refractivity contribution < 1.29 is 4.79 Å². The first-order valence-corrected chi connectivity index (χ1v) is 11.1. The molecule has 0 unspecified atom stereocenters. The van der Waals surface area contributed by atoms with E-state index in [1.54, 1.807) is 10.9 Å². The molecule has 3 aromatic rings. The zero-order valence-corrected chi connectivity index (χ0v) is 18.6. The van der Waals surface area contributed by atoms with E-state index >= 15 is 0 Å². The molecule has 5 rings (SSSR count). The number of benzene rings is 1. The van der Waals surface area contributed by atoms with Gasteiger partial charge in [0.2, 0.25) is 5.91 Å². The summed E-state index contributed by atoms with van der Waals surface area (Å²) in [5, 5.41) is 11.3. The van der Waals surface area contributed by atoms with E-state index in [0.717, 1.165) is 53.9 Å². The summed E-state index contributed by atoms with van der Waals surface area (Å²) in [5.74, 6) is 0.375. The molecule has 8 nitrogen and oxygen atoms in total. The third kappa shape index (κ3) is 3.44. The van der Waals surface area contributed by atoms with Gasteiger partial charge < -0.3 is 10.2 Å². The van der Waals surface area contributed by atoms with E-state index in [1.165, 1.54) is 0 Å². The van der Waals surface area contributed by atoms with Gasteiger partial charge in [-0.15, -0.1) is 5.11 Å². The molecule has 2 fully saturated rings. The first-order valence-electron chi connectivity index (χ1n) is 10.7. The molecule has 1 spiro atoms. The highest BCUT2D eigenvalue weighted by molar-refractivity contribution is 6.36. The zero-order valence-electron chi connectivity index (χ0n) is 17.8. The van der Waals surface area contributed by atoms with Crippen LogP contribution in [0.4, 0.5) is 11.5 Å². The van der Waals surface area contributed by atoms with Gasteiger partial charge in [0, 0.05) is 50.2 Å². The van der Waals surface area contributed by atoms with Gasteiger partial charge in [0.25, 0.3) is 0 Å². The number of nitrogens with one attached hydrogen (secondary N) is 2. The van der Waals surface area contributed by atoms with Crippen LogP contribution in [-0.2, 0) is 11.8 Å². The van der Waals surface area contributed by atoms with Crippen molar-refractivity contribution in [3.05, 3.63) is 47.7 Å². The summed E-state index contributed by atoms with van der Waals surface area (Å²) in [7, 11) is 1.90. The lowest BCUT2D eigenvalue weighted by Crippen LogP contribution is -2.44. The third-order valence-corrected chi connectivity index (χ3v) is 7.04. The molecule has 0 atom stereocenters. The summed E-state index contributed by atoms with van der Waals surface area (Å²) in [6, 6.07) is 10.1. The van der Waals surface area contributed by atoms with E-state index in [-0.39, 0.29) is 17.1 Å². The van der Waals surface area contributed by atoms with E-state index in [1.807, 2.05) is 43.6 Å². The van der Waals surface area contributed by atoms with Crippen molar-refractivity contribution in [2.75, 3.05) is 24.5 Å². The molecule has 0 bridgehead atoms. The number of carbonyl (C=O) groups excluding carboxylic acids is 1. The number of nitrogens with zero attached hydrogens (tertiary/aromatic N) is 5. The maximum atomic E-state index is 12.4. The summed E-state index contributed by atoms with van der Waals surface area (Å²) >= 11 is 6.70. The van der Waals surface area contributed by atoms with Crippen molar-refractivity contribution >= 4 is 29.0 Å². The van der Waals surface area contributed by atoms with Crippen LogP contribution >= 0.6 is 11.6 Å². The molecule has 0 radical (unpaired) electrons. The molecule has 9 heteroatoms. The number of anilines is 1. The maximum absolute atomic E-state index is 12.4. The van der Waals surface area contributed by atoms with Gasteiger partial charge in [-0.05, 0) is 30.9 Å². The lowest BCUT2D eigenvalue weighted by Gasteiger charge is -2.39. The maximum Gasteiger partial charge on any atom is 0.226 e. The second-order valence-corrected chi connectivity index (χ2v) is 8.87. The van der Waals surface area contributed by atoms with Gasteiger partial charge in [0.05, 0.1) is 16.8 Å². The van der Waals surface area contributed by atoms with Gasteiger partial charge in [-0.1, -0.05) is 35.9 Å². The standard InChI is InChI=1S/C23H24ClN7O/c1-30-11-6-18(29-30)16-4-2-15(3-5-16)17-14-27-21(28-25)19(24)20(17)31-12-8-23(9-13-31)7-10-26-22(23)32/h2-6,11,14,25H,7-10,12-13H2,1H3,(H,26,32). The minimum absolute atomic E-state index is 0.171. The smallest absolute Gasteiger partial charge is 0.226 e. The number of amides is 1. The van der Waals surface area contributed by atoms with Crippen molar-refractivity contribution in [2.24, 2.45) is 17.6 Å². The summed E-state index contributed by atoms with van der Waals surface area (Å²) < 4.78 is 1.78. The van der Waals surface area contributed by atoms with Gasteiger partial charge in [0.1, 0.15) is 5.02 Å². The van der Waals surface area contributed by atoms with Crippen LogP contribution in [0.5, 0.6) is 0 Å². The Balaban J connectivity index is 1.49. The molecule has 0 saturated carbocycles. The van der Waals surface area contributed by atoms with Gasteiger partial charge in [-0.3, -0.25) is 9.48 Å². The molecule has 1 amide bonds. The average molecular weight is 450 g/mol. The molecule has 1 aromatic carbocycles. The lowest BCUT2D eigenvalue weighted by molar-refractivity contribution is -0.128. The van der Waals surface area contributed by atoms with E-state index in [4.69, 9.17) is 17.1 Å². The first-order chi connectivity index (χ1) is 15.5. The van der Waals surface area contributed by atoms with Gasteiger partial charge in [0.15, 0.2) is 5.82 Å². The Morgan fingerprint density at radius 2 is 1.84 bits per heavy atom. The Hall–Kier alpha value is -3.26. The van der Waals surface area contributed by atoms with Crippen LogP contribution < -0.4 is 10.2 Å². The average Bonchev–Trinajstić information content (AvgIpc) is 3.40. The Bertz CT molecular complexity index is 1180. The summed E-state index contributed by atoms with van der Waals surface area (Å²) in [6.45, 7) is 2.19. The van der Waals surface area contributed by atoms with Crippen LogP contribution in [-0.4, -0.2) is 40.3 Å². The van der Waals surface area contributed by atoms with Crippen molar-refractivity contribution in [1.82, 2.24) is 20.1 Å². The van der Waals surface area contributed by atoms with Crippen LogP contribution in [0.3, 0.4) is 0 Å². The number of carbonyl (C=O) groups is 1. The third-order valence-electron chi connectivity index (χ3n) is 6.69. The highest BCUT2D eigenvalue weighted by atomic mass is 35.5. The Labute approximate surface area is 191 Å². The second kappa shape index (κ2) is 8.02. The van der Waals surface area contributed by atoms with Crippen LogP contribution in [0.15, 0.2) is 47.8 Å². The number of rotatable bonds is 4. The molecule has 4 heterocycles. The first kappa shape index (κ1) is 20.6. The monoisotopic (exact) mass is 449 g/mol. The number of hydrogen-bond donors (Lipinski definition) is 2. The highest BCUT2D eigenvalue weighted by Gasteiger charge is 2.44. The molecule has 2 N–H and O–H groups in total. The summed E-state index contributed by atoms with van der Waals surface area (Å²) in [5.41, 5.74) is 11.8. The molecule has 32 heavy (non-hydrogen) atoms. The largest absolute Gasteiger partial charge is 0.370 e. The van der Waals surface area contributed by atoms with Crippen LogP contribution in [0.1, 0.15) is 19.3 Å². The van der Waals surface area contributed by atoms with Crippen molar-refractivity contribution in [3.63, 3.8) is 0 Å². The fraction of sp³-hybridized carbons (Fsp3) is 0.348. The van der Waals surface area contributed by atoms with E-state index < -0.39 is 0 Å². The Morgan fingerprint density at radius 1 is 1.12 bits per heavy atom. The van der Waals surface area contributed by atoms with Gasteiger partial charge >= 0.3 is 0 Å². The van der Waals surface area contributed by atoms with E-state index in [0.29, 0.717) is 18.1 Å². The predicted octanol–water partition coefficient (Wildman–Crippen LogP) is 4.57. The van der Waals surface area contributed by atoms with E-state index in [9.17, 15) is 4.79 Å². The molecule has 0 aliphatic carbocycles. The number of pyridine rings is 1. The van der Waals surface area contributed by atoms with Crippen molar-refractivity contribution in [3.8, 4) is 22.4 Å². The van der Waals surface area contributed by atoms with Gasteiger partial charge in [-0.2, -0.15) is 5.10 Å². The second-order valence-electron chi connectivity index (χ2n) is 8.50. The molecule has 2 saturated heterocycles. The molecular weight excluding hydrogens is 426 g/mol. The zero-order chi connectivity index (χ0) is 22.3. The normalized spacial score (nSPS) is 17.6. The molecule has 2 aliphatic rings. The molecular formula is C23H24ClN7O. The topological polar surface area (TPSA) is 99.3 Å². The van der Waals surface area contributed by atoms with Crippen molar-refractivity contribution in [1.29, 1.82) is 5.53 Å². The van der Waals surface area contributed by atoms with E-state index in [2.05, 4.69) is 25.4 Å². The van der Waals surface area contributed by atoms with Crippen LogP contribution in [0.2, 0.25) is 5.02 Å². The van der Waals surface area contributed by atoms with Crippen molar-refractivity contribution in [2.45, 2.75) is 19.3 Å². The fourth-order valence-corrected chi connectivity index (χ4v) is 5.12. The quantitative estimate of drug-likeness (QED) is 0.570. The fourth-order valence-electron chi connectivity index (χ4n) is 4.81. The molecule has 164 valence electrons. The highest BCUT2D eigenvalue weighted by Crippen LogP contribution is 2.45. The number of aryl methyl sites for hydroxylation is 1. The Morgan fingerprint density at radius 3 is 2.44 bits per heavy atom. The molecule has 2 aromatic heterocycles. The molecule has 2 aliphatic heterocycles. The van der Waals surface area contributed by atoms with Gasteiger partial charge in [-0.25, -0.2) is 10.5 Å². The SMILES string of the molecule is Cn1ccc(-c2ccc(-c3cnc(N=N)c(Cl)c3N3CCC4(CCNC4=O)CC3)cc2)n1. The summed E-state index contributed by atoms with van der Waals surface area (Å²) in [4.78, 5) is 18.9. The minimum atomic E-state index is -0.261. The number of piperidine rings is 1. The predicted molar refractivity (Wildman–Crippen MR) is 123 cm³/mol.